The first-order valence-corrected chi connectivity index (χ1v) is 11.1. The Labute approximate surface area is 190 Å². The molecule has 1 saturated heterocycles. The molecule has 5 rings (SSSR count). The second-order valence-electron chi connectivity index (χ2n) is 8.90. The molecule has 2 aliphatic rings. The van der Waals surface area contributed by atoms with E-state index in [1.165, 1.54) is 12.5 Å². The molecular weight excluding hydrogens is 429 g/mol. The first kappa shape index (κ1) is 21.8. The van der Waals surface area contributed by atoms with Crippen LogP contribution in [0.25, 0.3) is 11.4 Å². The zero-order chi connectivity index (χ0) is 23.0. The van der Waals surface area contributed by atoms with E-state index < -0.39 is 11.7 Å². The normalized spacial score (nSPS) is 22.6. The largest absolute Gasteiger partial charge is 0.417 e. The van der Waals surface area contributed by atoms with Gasteiger partial charge in [-0.15, -0.1) is 0 Å². The maximum Gasteiger partial charge on any atom is 0.417 e. The van der Waals surface area contributed by atoms with Gasteiger partial charge >= 0.3 is 6.18 Å². The minimum atomic E-state index is -4.38. The van der Waals surface area contributed by atoms with E-state index in [1.807, 2.05) is 19.1 Å². The lowest BCUT2D eigenvalue weighted by atomic mass is 10.0. The van der Waals surface area contributed by atoms with Crippen LogP contribution in [0.2, 0.25) is 0 Å². The number of likely N-dealkylation sites (tertiary alicyclic amines) is 1. The van der Waals surface area contributed by atoms with Gasteiger partial charge in [0, 0.05) is 55.5 Å². The quantitative estimate of drug-likeness (QED) is 0.588. The van der Waals surface area contributed by atoms with Gasteiger partial charge in [-0.3, -0.25) is 9.88 Å². The van der Waals surface area contributed by atoms with Gasteiger partial charge in [0.25, 0.3) is 0 Å². The molecule has 6 nitrogen and oxygen atoms in total. The Morgan fingerprint density at radius 1 is 1.03 bits per heavy atom. The van der Waals surface area contributed by atoms with Crippen LogP contribution in [0, 0.1) is 18.8 Å². The van der Waals surface area contributed by atoms with Crippen LogP contribution in [-0.4, -0.2) is 44.0 Å². The fraction of sp³-hybridized carbons (Fsp3) is 0.417. The van der Waals surface area contributed by atoms with Crippen molar-refractivity contribution in [2.45, 2.75) is 38.5 Å². The summed E-state index contributed by atoms with van der Waals surface area (Å²) < 4.78 is 38.4. The van der Waals surface area contributed by atoms with Crippen LogP contribution in [0.1, 0.15) is 29.8 Å². The highest BCUT2D eigenvalue weighted by Gasteiger charge is 2.45. The van der Waals surface area contributed by atoms with Crippen molar-refractivity contribution in [3.63, 3.8) is 0 Å². The third kappa shape index (κ3) is 4.98. The lowest BCUT2D eigenvalue weighted by molar-refractivity contribution is -0.137. The highest BCUT2D eigenvalue weighted by atomic mass is 19.4. The summed E-state index contributed by atoms with van der Waals surface area (Å²) in [6.45, 7) is 4.25. The molecule has 4 heterocycles. The molecule has 1 aliphatic carbocycles. The van der Waals surface area contributed by atoms with E-state index in [0.29, 0.717) is 30.6 Å². The molecule has 0 spiro atoms. The summed E-state index contributed by atoms with van der Waals surface area (Å²) in [4.78, 5) is 20.0. The van der Waals surface area contributed by atoms with Gasteiger partial charge in [0.2, 0.25) is 0 Å². The number of rotatable bonds is 6. The number of nitrogens with one attached hydrogen (secondary N) is 1. The van der Waals surface area contributed by atoms with Crippen molar-refractivity contribution in [1.82, 2.24) is 24.8 Å². The summed E-state index contributed by atoms with van der Waals surface area (Å²) in [6.07, 6.45) is 2.24. The van der Waals surface area contributed by atoms with Crippen LogP contribution in [-0.2, 0) is 12.7 Å². The fourth-order valence-electron chi connectivity index (χ4n) is 4.63. The van der Waals surface area contributed by atoms with Crippen molar-refractivity contribution in [2.24, 2.45) is 11.8 Å². The van der Waals surface area contributed by atoms with E-state index in [4.69, 9.17) is 4.98 Å². The Hall–Kier alpha value is -3.07. The molecule has 1 N–H and O–H groups in total. The van der Waals surface area contributed by atoms with Gasteiger partial charge in [-0.1, -0.05) is 0 Å². The van der Waals surface area contributed by atoms with Crippen molar-refractivity contribution in [3.05, 3.63) is 65.9 Å². The fourth-order valence-corrected chi connectivity index (χ4v) is 4.63. The SMILES string of the molecule is Cc1ccc(-c2ncccn2)c(CN2C[C@@H]3C[C@@H]3C[C@H]2CNc2ccc(C(F)(F)F)cn2)n1. The molecule has 3 aromatic heterocycles. The van der Waals surface area contributed by atoms with Crippen LogP contribution >= 0.6 is 0 Å². The average Bonchev–Trinajstić information content (AvgIpc) is 3.56. The Morgan fingerprint density at radius 2 is 1.85 bits per heavy atom. The number of anilines is 1. The Morgan fingerprint density at radius 3 is 2.58 bits per heavy atom. The zero-order valence-electron chi connectivity index (χ0n) is 18.3. The molecule has 0 radical (unpaired) electrons. The van der Waals surface area contributed by atoms with Crippen LogP contribution in [0.15, 0.2) is 48.9 Å². The maximum atomic E-state index is 12.8. The second kappa shape index (κ2) is 8.70. The van der Waals surface area contributed by atoms with E-state index in [0.717, 1.165) is 48.1 Å². The smallest absolute Gasteiger partial charge is 0.369 e. The third-order valence-corrected chi connectivity index (χ3v) is 6.51. The Balaban J connectivity index is 1.32. The predicted octanol–water partition coefficient (Wildman–Crippen LogP) is 4.58. The minimum Gasteiger partial charge on any atom is -0.369 e. The topological polar surface area (TPSA) is 66.8 Å². The van der Waals surface area contributed by atoms with Gasteiger partial charge in [-0.2, -0.15) is 13.2 Å². The molecule has 0 unspecified atom stereocenters. The van der Waals surface area contributed by atoms with Gasteiger partial charge in [0.15, 0.2) is 5.82 Å². The number of halogens is 3. The number of nitrogens with zero attached hydrogens (tertiary/aromatic N) is 5. The molecule has 0 bridgehead atoms. The lowest BCUT2D eigenvalue weighted by Gasteiger charge is -2.35. The number of hydrogen-bond acceptors (Lipinski definition) is 6. The van der Waals surface area contributed by atoms with Crippen LogP contribution in [0.4, 0.5) is 19.0 Å². The standard InChI is InChI=1S/C24H25F3N6/c1-15-3-5-20(23-28-7-2-8-29-23)21(32-15)14-33-13-17-9-16(17)10-19(33)12-31-22-6-4-18(11-30-22)24(25,26)27/h2-8,11,16-17,19H,9-10,12-14H2,1H3,(H,30,31)/t16-,17+,19+/m1/s1. The minimum absolute atomic E-state index is 0.240. The highest BCUT2D eigenvalue weighted by molar-refractivity contribution is 5.58. The van der Waals surface area contributed by atoms with Gasteiger partial charge in [0.1, 0.15) is 5.82 Å². The summed E-state index contributed by atoms with van der Waals surface area (Å²) in [6, 6.07) is 8.48. The molecule has 2 fully saturated rings. The number of fused-ring (bicyclic) bond motifs is 1. The third-order valence-electron chi connectivity index (χ3n) is 6.51. The van der Waals surface area contributed by atoms with E-state index in [1.54, 1.807) is 18.5 Å². The molecular formula is C24H25F3N6. The molecule has 9 heteroatoms. The summed E-state index contributed by atoms with van der Waals surface area (Å²) >= 11 is 0. The molecule has 33 heavy (non-hydrogen) atoms. The second-order valence-corrected chi connectivity index (χ2v) is 8.90. The van der Waals surface area contributed by atoms with Gasteiger partial charge in [0.05, 0.1) is 11.3 Å². The van der Waals surface area contributed by atoms with E-state index in [9.17, 15) is 13.2 Å². The summed E-state index contributed by atoms with van der Waals surface area (Å²) in [7, 11) is 0. The van der Waals surface area contributed by atoms with Crippen LogP contribution < -0.4 is 5.32 Å². The molecule has 1 saturated carbocycles. The van der Waals surface area contributed by atoms with Crippen LogP contribution in [0.5, 0.6) is 0 Å². The summed E-state index contributed by atoms with van der Waals surface area (Å²) in [5, 5.41) is 3.24. The van der Waals surface area contributed by atoms with Crippen molar-refractivity contribution in [1.29, 1.82) is 0 Å². The summed E-state index contributed by atoms with van der Waals surface area (Å²) in [5.74, 6) is 2.56. The summed E-state index contributed by atoms with van der Waals surface area (Å²) in [5.41, 5.74) is 2.07. The molecule has 1 aliphatic heterocycles. The predicted molar refractivity (Wildman–Crippen MR) is 118 cm³/mol. The molecule has 0 amide bonds. The first-order chi connectivity index (χ1) is 15.9. The van der Waals surface area contributed by atoms with E-state index >= 15 is 0 Å². The number of hydrogen-bond donors (Lipinski definition) is 1. The van der Waals surface area contributed by atoms with Crippen molar-refractivity contribution in [2.75, 3.05) is 18.4 Å². The first-order valence-electron chi connectivity index (χ1n) is 11.1. The lowest BCUT2D eigenvalue weighted by Crippen LogP contribution is -2.44. The van der Waals surface area contributed by atoms with Crippen molar-refractivity contribution in [3.8, 4) is 11.4 Å². The molecule has 172 valence electrons. The van der Waals surface area contributed by atoms with Crippen molar-refractivity contribution < 1.29 is 13.2 Å². The number of aryl methyl sites for hydroxylation is 1. The molecule has 3 aromatic rings. The van der Waals surface area contributed by atoms with E-state index in [2.05, 4.69) is 25.2 Å². The monoisotopic (exact) mass is 454 g/mol. The number of piperidine rings is 1. The zero-order valence-corrected chi connectivity index (χ0v) is 18.3. The molecule has 3 atom stereocenters. The Kier molecular flexibility index (Phi) is 5.74. The van der Waals surface area contributed by atoms with Crippen molar-refractivity contribution >= 4 is 5.82 Å². The highest BCUT2D eigenvalue weighted by Crippen LogP contribution is 2.47. The van der Waals surface area contributed by atoms with E-state index in [-0.39, 0.29) is 6.04 Å². The average molecular weight is 455 g/mol. The maximum absolute atomic E-state index is 12.8. The Bertz CT molecular complexity index is 1100. The van der Waals surface area contributed by atoms with Gasteiger partial charge < -0.3 is 5.32 Å². The van der Waals surface area contributed by atoms with Gasteiger partial charge in [-0.05, 0) is 61.9 Å². The van der Waals surface area contributed by atoms with Gasteiger partial charge in [-0.25, -0.2) is 15.0 Å². The van der Waals surface area contributed by atoms with Crippen LogP contribution in [0.3, 0.4) is 0 Å². The number of aromatic nitrogens is 4. The molecule has 0 aromatic carbocycles. The number of pyridine rings is 2. The number of alkyl halides is 3.